The van der Waals surface area contributed by atoms with Gasteiger partial charge in [0.2, 0.25) is 5.88 Å². The molecule has 0 amide bonds. The van der Waals surface area contributed by atoms with E-state index in [0.717, 1.165) is 11.3 Å². The van der Waals surface area contributed by atoms with Crippen molar-refractivity contribution in [2.75, 3.05) is 0 Å². The Balaban J connectivity index is 2.59. The van der Waals surface area contributed by atoms with Gasteiger partial charge in [0, 0.05) is 6.54 Å². The molecule has 2 rings (SSSR count). The van der Waals surface area contributed by atoms with Crippen LogP contribution in [-0.4, -0.2) is 37.0 Å². The van der Waals surface area contributed by atoms with Crippen molar-refractivity contribution >= 4 is 24.0 Å². The first-order valence-corrected chi connectivity index (χ1v) is 8.22. The van der Waals surface area contributed by atoms with Crippen LogP contribution >= 0.6 is 12.2 Å². The van der Waals surface area contributed by atoms with Gasteiger partial charge in [0.15, 0.2) is 4.77 Å². The van der Waals surface area contributed by atoms with Gasteiger partial charge in [-0.25, -0.2) is 0 Å². The van der Waals surface area contributed by atoms with Gasteiger partial charge in [-0.1, -0.05) is 6.08 Å². The Morgan fingerprint density at radius 2 is 2.08 bits per heavy atom. The molecule has 6 nitrogen and oxygen atoms in total. The molecule has 0 radical (unpaired) electrons. The molecule has 0 saturated carbocycles. The molecule has 130 valence electrons. The zero-order chi connectivity index (χ0) is 18.2. The van der Waals surface area contributed by atoms with Crippen LogP contribution in [0.15, 0.2) is 28.1 Å². The Morgan fingerprint density at radius 1 is 1.46 bits per heavy atom. The molecule has 1 aromatic heterocycles. The van der Waals surface area contributed by atoms with Crippen LogP contribution in [0.4, 0.5) is 0 Å². The fourth-order valence-corrected chi connectivity index (χ4v) is 3.11. The summed E-state index contributed by atoms with van der Waals surface area (Å²) < 4.78 is 1.60. The molecule has 1 unspecified atom stereocenters. The molecule has 1 aromatic rings. The summed E-state index contributed by atoms with van der Waals surface area (Å²) in [7, 11) is 0. The minimum atomic E-state index is -0.417. The van der Waals surface area contributed by atoms with Crippen molar-refractivity contribution in [2.24, 2.45) is 5.10 Å². The number of hydrazone groups is 1. The third-order valence-electron chi connectivity index (χ3n) is 4.00. The van der Waals surface area contributed by atoms with E-state index in [-0.39, 0.29) is 27.8 Å². The lowest BCUT2D eigenvalue weighted by atomic mass is 9.99. The molecule has 7 heteroatoms. The van der Waals surface area contributed by atoms with Gasteiger partial charge < -0.3 is 5.11 Å². The summed E-state index contributed by atoms with van der Waals surface area (Å²) in [5.41, 5.74) is 1.34. The Kier molecular flexibility index (Phi) is 4.85. The predicted octanol–water partition coefficient (Wildman–Crippen LogP) is 3.06. The number of hydrogen-bond donors (Lipinski definition) is 2. The number of rotatable bonds is 3. The minimum Gasteiger partial charge on any atom is -0.494 e. The number of aromatic nitrogens is 2. The van der Waals surface area contributed by atoms with Crippen molar-refractivity contribution in [3.05, 3.63) is 38.9 Å². The van der Waals surface area contributed by atoms with Gasteiger partial charge in [0.05, 0.1) is 17.3 Å². The number of nitrogens with zero attached hydrogens (tertiary/aromatic N) is 3. The molecule has 0 fully saturated rings. The molecule has 1 aliphatic heterocycles. The molecular weight excluding hydrogens is 324 g/mol. The standard InChI is InChI=1S/C17H24N4O2S/c1-7-8-20-15(23)13(14(22)18-16(20)24)9-12-10(2)19-21(11(12)3)17(4,5)6/h7,9,11,23H,1,8H2,2-6H3,(H,18,22,24). The summed E-state index contributed by atoms with van der Waals surface area (Å²) >= 11 is 5.10. The van der Waals surface area contributed by atoms with E-state index in [0.29, 0.717) is 6.54 Å². The van der Waals surface area contributed by atoms with Gasteiger partial charge in [-0.15, -0.1) is 6.58 Å². The second-order valence-corrected chi connectivity index (χ2v) is 7.26. The van der Waals surface area contributed by atoms with E-state index in [1.165, 1.54) is 4.57 Å². The largest absolute Gasteiger partial charge is 0.494 e. The zero-order valence-electron chi connectivity index (χ0n) is 14.8. The highest BCUT2D eigenvalue weighted by atomic mass is 32.1. The Morgan fingerprint density at radius 3 is 2.58 bits per heavy atom. The Labute approximate surface area is 146 Å². The average Bonchev–Trinajstić information content (AvgIpc) is 2.75. The second kappa shape index (κ2) is 6.39. The molecular formula is C17H24N4O2S. The smallest absolute Gasteiger partial charge is 0.262 e. The van der Waals surface area contributed by atoms with E-state index in [9.17, 15) is 9.90 Å². The van der Waals surface area contributed by atoms with Gasteiger partial charge in [0.25, 0.3) is 5.56 Å². The van der Waals surface area contributed by atoms with Crippen molar-refractivity contribution in [3.8, 4) is 5.88 Å². The first-order chi connectivity index (χ1) is 11.1. The summed E-state index contributed by atoms with van der Waals surface area (Å²) in [4.78, 5) is 14.9. The Hall–Kier alpha value is -2.15. The van der Waals surface area contributed by atoms with Crippen LogP contribution in [0, 0.1) is 4.77 Å². The summed E-state index contributed by atoms with van der Waals surface area (Å²) in [5.74, 6) is -0.162. The highest BCUT2D eigenvalue weighted by molar-refractivity contribution is 7.71. The zero-order valence-corrected chi connectivity index (χ0v) is 15.6. The van der Waals surface area contributed by atoms with Crippen LogP contribution in [0.3, 0.4) is 0 Å². The normalized spacial score (nSPS) is 19.7. The van der Waals surface area contributed by atoms with E-state index in [1.54, 1.807) is 12.2 Å². The number of hydrogen-bond acceptors (Lipinski definition) is 5. The maximum absolute atomic E-state index is 12.3. The van der Waals surface area contributed by atoms with Crippen LogP contribution in [-0.2, 0) is 6.54 Å². The van der Waals surface area contributed by atoms with E-state index in [4.69, 9.17) is 12.2 Å². The predicted molar refractivity (Wildman–Crippen MR) is 99.9 cm³/mol. The monoisotopic (exact) mass is 348 g/mol. The first kappa shape index (κ1) is 18.2. The average molecular weight is 348 g/mol. The van der Waals surface area contributed by atoms with E-state index < -0.39 is 5.56 Å². The molecule has 1 aliphatic rings. The molecule has 0 bridgehead atoms. The van der Waals surface area contributed by atoms with Crippen molar-refractivity contribution in [1.29, 1.82) is 0 Å². The number of aromatic hydroxyl groups is 1. The van der Waals surface area contributed by atoms with Crippen LogP contribution in [0.1, 0.15) is 40.2 Å². The molecule has 2 heterocycles. The topological polar surface area (TPSA) is 73.6 Å². The highest BCUT2D eigenvalue weighted by Gasteiger charge is 2.33. The van der Waals surface area contributed by atoms with E-state index >= 15 is 0 Å². The van der Waals surface area contributed by atoms with Crippen LogP contribution in [0.2, 0.25) is 0 Å². The highest BCUT2D eigenvalue weighted by Crippen LogP contribution is 2.30. The van der Waals surface area contributed by atoms with Crippen LogP contribution in [0.5, 0.6) is 5.88 Å². The van der Waals surface area contributed by atoms with Crippen molar-refractivity contribution in [1.82, 2.24) is 14.6 Å². The van der Waals surface area contributed by atoms with Gasteiger partial charge in [-0.3, -0.25) is 19.4 Å². The summed E-state index contributed by atoms with van der Waals surface area (Å²) in [6.45, 7) is 14.1. The van der Waals surface area contributed by atoms with E-state index in [2.05, 4.69) is 37.4 Å². The molecule has 0 aliphatic carbocycles. The number of H-pyrrole nitrogens is 1. The second-order valence-electron chi connectivity index (χ2n) is 6.87. The lowest BCUT2D eigenvalue weighted by Gasteiger charge is -2.34. The third kappa shape index (κ3) is 3.21. The molecule has 0 spiro atoms. The van der Waals surface area contributed by atoms with Crippen molar-refractivity contribution < 1.29 is 5.11 Å². The maximum atomic E-state index is 12.3. The Bertz CT molecular complexity index is 840. The van der Waals surface area contributed by atoms with Gasteiger partial charge in [-0.05, 0) is 58.5 Å². The van der Waals surface area contributed by atoms with E-state index in [1.807, 2.05) is 18.9 Å². The lowest BCUT2D eigenvalue weighted by Crippen LogP contribution is -2.41. The fraction of sp³-hybridized carbons (Fsp3) is 0.471. The molecule has 24 heavy (non-hydrogen) atoms. The minimum absolute atomic E-state index is 0.000155. The van der Waals surface area contributed by atoms with Gasteiger partial charge >= 0.3 is 0 Å². The molecule has 0 saturated heterocycles. The summed E-state index contributed by atoms with van der Waals surface area (Å²) in [6.07, 6.45) is 3.30. The van der Waals surface area contributed by atoms with Crippen LogP contribution < -0.4 is 5.56 Å². The molecule has 1 atom stereocenters. The third-order valence-corrected chi connectivity index (χ3v) is 4.32. The van der Waals surface area contributed by atoms with Crippen LogP contribution in [0.25, 0.3) is 6.08 Å². The van der Waals surface area contributed by atoms with Gasteiger partial charge in [0.1, 0.15) is 5.56 Å². The lowest BCUT2D eigenvalue weighted by molar-refractivity contribution is 0.126. The quantitative estimate of drug-likeness (QED) is 0.650. The number of nitrogens with one attached hydrogen (secondary N) is 1. The maximum Gasteiger partial charge on any atom is 0.262 e. The first-order valence-electron chi connectivity index (χ1n) is 7.81. The van der Waals surface area contributed by atoms with Gasteiger partial charge in [-0.2, -0.15) is 5.10 Å². The summed E-state index contributed by atoms with van der Waals surface area (Å²) in [5, 5.41) is 17.1. The van der Waals surface area contributed by atoms with Crippen molar-refractivity contribution in [2.45, 2.75) is 52.7 Å². The number of aromatic amines is 1. The SMILES string of the molecule is C=CCn1c(O)c(C=C2C(C)=NN(C(C)(C)C)C2C)c(=O)[nH]c1=S. The fourth-order valence-electron chi connectivity index (χ4n) is 2.86. The van der Waals surface area contributed by atoms with Crippen molar-refractivity contribution in [3.63, 3.8) is 0 Å². The summed E-state index contributed by atoms with van der Waals surface area (Å²) in [6, 6.07) is -0.000155. The number of allylic oxidation sites excluding steroid dienone is 1. The molecule has 0 aromatic carbocycles. The molecule has 2 N–H and O–H groups in total.